The first-order chi connectivity index (χ1) is 23.6. The van der Waals surface area contributed by atoms with Crippen molar-refractivity contribution in [1.29, 1.82) is 0 Å². The summed E-state index contributed by atoms with van der Waals surface area (Å²) in [5.41, 5.74) is 3.26. The van der Waals surface area contributed by atoms with Gasteiger partial charge in [-0.2, -0.15) is 0 Å². The van der Waals surface area contributed by atoms with E-state index in [1.807, 2.05) is 12.1 Å². The number of dihydropyridines is 1. The molecule has 1 saturated heterocycles. The van der Waals surface area contributed by atoms with Crippen LogP contribution >= 0.6 is 0 Å². The number of benzene rings is 3. The van der Waals surface area contributed by atoms with Crippen molar-refractivity contribution in [2.45, 2.75) is 45.5 Å². The van der Waals surface area contributed by atoms with E-state index in [0.29, 0.717) is 24.4 Å². The van der Waals surface area contributed by atoms with Crippen molar-refractivity contribution in [3.63, 3.8) is 0 Å². The van der Waals surface area contributed by atoms with Gasteiger partial charge in [-0.1, -0.05) is 78.9 Å². The first-order valence-electron chi connectivity index (χ1n) is 16.5. The molecule has 0 radical (unpaired) electrons. The van der Waals surface area contributed by atoms with E-state index in [1.54, 1.807) is 20.8 Å². The number of rotatable bonds is 12. The van der Waals surface area contributed by atoms with Crippen molar-refractivity contribution in [2.24, 2.45) is 0 Å². The maximum atomic E-state index is 13.7. The zero-order chi connectivity index (χ0) is 35.0. The first-order valence-corrected chi connectivity index (χ1v) is 16.5. The summed E-state index contributed by atoms with van der Waals surface area (Å²) in [6, 6.07) is 26.6. The maximum Gasteiger partial charge on any atom is 0.573 e. The summed E-state index contributed by atoms with van der Waals surface area (Å²) in [5, 5.41) is 3.03. The third-order valence-corrected chi connectivity index (χ3v) is 8.79. The van der Waals surface area contributed by atoms with Crippen molar-refractivity contribution in [1.82, 2.24) is 15.1 Å². The Bertz CT molecular complexity index is 1610. The predicted octanol–water partition coefficient (Wildman–Crippen LogP) is 6.72. The van der Waals surface area contributed by atoms with Gasteiger partial charge in [-0.05, 0) is 44.4 Å². The molecule has 49 heavy (non-hydrogen) atoms. The molecule has 2 aliphatic heterocycles. The van der Waals surface area contributed by atoms with E-state index in [1.165, 1.54) is 29.3 Å². The molecule has 11 heteroatoms. The van der Waals surface area contributed by atoms with E-state index in [4.69, 9.17) is 9.47 Å². The van der Waals surface area contributed by atoms with Crippen LogP contribution in [0.5, 0.6) is 5.75 Å². The second-order valence-electron chi connectivity index (χ2n) is 12.0. The molecule has 1 atom stereocenters. The number of nitrogens with one attached hydrogen (secondary N) is 1. The van der Waals surface area contributed by atoms with Crippen LogP contribution in [0.15, 0.2) is 107 Å². The van der Waals surface area contributed by atoms with E-state index in [0.717, 1.165) is 32.2 Å². The minimum atomic E-state index is -4.99. The minimum absolute atomic E-state index is 0.00258. The zero-order valence-electron chi connectivity index (χ0n) is 28.0. The molecular weight excluding hydrogens is 635 g/mol. The smallest absolute Gasteiger partial charge is 0.463 e. The van der Waals surface area contributed by atoms with Crippen LogP contribution in [0.1, 0.15) is 55.8 Å². The Labute approximate surface area is 285 Å². The summed E-state index contributed by atoms with van der Waals surface area (Å²) in [4.78, 5) is 31.7. The quantitative estimate of drug-likeness (QED) is 0.167. The molecule has 1 unspecified atom stereocenters. The van der Waals surface area contributed by atoms with Gasteiger partial charge in [-0.25, -0.2) is 9.59 Å². The fourth-order valence-electron chi connectivity index (χ4n) is 6.65. The number of hydrogen-bond acceptors (Lipinski definition) is 8. The highest BCUT2D eigenvalue weighted by molar-refractivity contribution is 6.00. The molecule has 260 valence electrons. The van der Waals surface area contributed by atoms with Gasteiger partial charge in [-0.3, -0.25) is 4.90 Å². The first kappa shape index (κ1) is 35.7. The summed E-state index contributed by atoms with van der Waals surface area (Å²) >= 11 is 0. The summed E-state index contributed by atoms with van der Waals surface area (Å²) in [6.45, 7) is 9.14. The van der Waals surface area contributed by atoms with E-state index in [-0.39, 0.29) is 36.0 Å². The lowest BCUT2D eigenvalue weighted by Crippen LogP contribution is -2.48. The molecule has 0 amide bonds. The highest BCUT2D eigenvalue weighted by Gasteiger charge is 2.41. The molecular formula is C38H42F3N3O5. The van der Waals surface area contributed by atoms with Crippen molar-refractivity contribution in [3.05, 3.63) is 124 Å². The Kier molecular flexibility index (Phi) is 11.8. The van der Waals surface area contributed by atoms with Crippen LogP contribution in [0.4, 0.5) is 13.2 Å². The number of para-hydroxylation sites is 1. The number of hydrogen-bond donors (Lipinski definition) is 1. The summed E-state index contributed by atoms with van der Waals surface area (Å²) < 4.78 is 55.5. The molecule has 8 nitrogen and oxygen atoms in total. The van der Waals surface area contributed by atoms with Gasteiger partial charge >= 0.3 is 18.3 Å². The number of allylic oxidation sites excluding steroid dienone is 2. The van der Waals surface area contributed by atoms with Crippen LogP contribution in [-0.4, -0.2) is 74.0 Å². The Balaban J connectivity index is 1.24. The van der Waals surface area contributed by atoms with Gasteiger partial charge in [0.25, 0.3) is 0 Å². The number of ether oxygens (including phenoxy) is 3. The molecule has 0 bridgehead atoms. The number of nitrogens with zero attached hydrogens (tertiary/aromatic N) is 2. The summed E-state index contributed by atoms with van der Waals surface area (Å²) in [5.74, 6) is -3.21. The summed E-state index contributed by atoms with van der Waals surface area (Å²) in [7, 11) is 0. The molecule has 0 aliphatic carbocycles. The zero-order valence-corrected chi connectivity index (χ0v) is 28.0. The van der Waals surface area contributed by atoms with Crippen LogP contribution in [0.3, 0.4) is 0 Å². The standard InChI is InChI=1S/C38H42F3N3O5/c1-4-47-36(45)32-26(2)42-27(3)33(34(32)30-18-11-12-19-31(30)49-38(39,40)41)37(46)48-25-13-20-43-21-23-44(24-22-43)35(28-14-7-5-8-15-28)29-16-9-6-10-17-29/h5-12,14-19,34-35,42H,4,13,20-25H2,1-3H3. The fraction of sp³-hybridized carbons (Fsp3) is 0.368. The van der Waals surface area contributed by atoms with Crippen molar-refractivity contribution < 1.29 is 37.0 Å². The van der Waals surface area contributed by atoms with E-state index in [2.05, 4.69) is 68.4 Å². The lowest BCUT2D eigenvalue weighted by molar-refractivity contribution is -0.274. The Hall–Kier alpha value is -4.61. The van der Waals surface area contributed by atoms with Crippen LogP contribution in [0.2, 0.25) is 0 Å². The topological polar surface area (TPSA) is 80.3 Å². The number of esters is 2. The molecule has 1 N–H and O–H groups in total. The maximum absolute atomic E-state index is 13.7. The average Bonchev–Trinajstić information content (AvgIpc) is 3.07. The number of halogens is 3. The van der Waals surface area contributed by atoms with Crippen LogP contribution in [0, 0.1) is 0 Å². The second-order valence-corrected chi connectivity index (χ2v) is 12.0. The van der Waals surface area contributed by atoms with Crippen molar-refractivity contribution in [2.75, 3.05) is 45.9 Å². The molecule has 3 aromatic rings. The molecule has 0 spiro atoms. The van der Waals surface area contributed by atoms with Gasteiger partial charge in [0.2, 0.25) is 0 Å². The number of carbonyl (C=O) groups excluding carboxylic acids is 2. The molecule has 2 heterocycles. The van der Waals surface area contributed by atoms with Gasteiger partial charge in [-0.15, -0.1) is 13.2 Å². The largest absolute Gasteiger partial charge is 0.573 e. The van der Waals surface area contributed by atoms with Gasteiger partial charge in [0.15, 0.2) is 0 Å². The Morgan fingerprint density at radius 3 is 1.88 bits per heavy atom. The Morgan fingerprint density at radius 2 is 1.33 bits per heavy atom. The second kappa shape index (κ2) is 16.2. The minimum Gasteiger partial charge on any atom is -0.463 e. The number of piperazine rings is 1. The van der Waals surface area contributed by atoms with Crippen molar-refractivity contribution >= 4 is 11.9 Å². The fourth-order valence-corrected chi connectivity index (χ4v) is 6.65. The predicted molar refractivity (Wildman–Crippen MR) is 179 cm³/mol. The molecule has 3 aromatic carbocycles. The SMILES string of the molecule is CCOC(=O)C1=C(C)NC(C)=C(C(=O)OCCCN2CCN(C(c3ccccc3)c3ccccc3)CC2)C1c1ccccc1OC(F)(F)F. The number of carbonyl (C=O) groups is 2. The van der Waals surface area contributed by atoms with E-state index in [9.17, 15) is 22.8 Å². The molecule has 0 aromatic heterocycles. The molecule has 5 rings (SSSR count). The van der Waals surface area contributed by atoms with E-state index >= 15 is 0 Å². The number of alkyl halides is 3. The molecule has 1 fully saturated rings. The highest BCUT2D eigenvalue weighted by Crippen LogP contribution is 2.44. The third-order valence-electron chi connectivity index (χ3n) is 8.79. The lowest BCUT2D eigenvalue weighted by Gasteiger charge is -2.39. The molecule has 2 aliphatic rings. The van der Waals surface area contributed by atoms with E-state index < -0.39 is 30.0 Å². The van der Waals surface area contributed by atoms with Crippen LogP contribution in [0.25, 0.3) is 0 Å². The average molecular weight is 678 g/mol. The van der Waals surface area contributed by atoms with Gasteiger partial charge in [0.05, 0.1) is 36.3 Å². The van der Waals surface area contributed by atoms with Crippen LogP contribution in [-0.2, 0) is 19.1 Å². The van der Waals surface area contributed by atoms with Gasteiger partial charge < -0.3 is 24.4 Å². The summed E-state index contributed by atoms with van der Waals surface area (Å²) in [6.07, 6.45) is -4.43. The third kappa shape index (κ3) is 8.90. The van der Waals surface area contributed by atoms with Crippen molar-refractivity contribution in [3.8, 4) is 5.75 Å². The Morgan fingerprint density at radius 1 is 0.796 bits per heavy atom. The molecule has 0 saturated carbocycles. The van der Waals surface area contributed by atoms with Crippen LogP contribution < -0.4 is 10.1 Å². The lowest BCUT2D eigenvalue weighted by atomic mass is 9.80. The highest BCUT2D eigenvalue weighted by atomic mass is 19.4. The van der Waals surface area contributed by atoms with Gasteiger partial charge in [0.1, 0.15) is 5.75 Å². The monoisotopic (exact) mass is 677 g/mol. The van der Waals surface area contributed by atoms with Gasteiger partial charge in [0, 0.05) is 49.7 Å². The normalized spacial score (nSPS) is 17.6.